The molecule has 1 aromatic carbocycles. The fourth-order valence-corrected chi connectivity index (χ4v) is 9.53. The van der Waals surface area contributed by atoms with E-state index in [1.54, 1.807) is 5.57 Å². The Labute approximate surface area is 208 Å². The number of fused-ring (bicyclic) bond motifs is 5. The molecule has 5 unspecified atom stereocenters. The van der Waals surface area contributed by atoms with Crippen LogP contribution in [0.25, 0.3) is 0 Å². The van der Waals surface area contributed by atoms with Crippen molar-refractivity contribution < 1.29 is 10.2 Å². The van der Waals surface area contributed by atoms with Gasteiger partial charge in [0.1, 0.15) is 0 Å². The highest BCUT2D eigenvalue weighted by Crippen LogP contribution is 2.67. The number of benzene rings is 1. The van der Waals surface area contributed by atoms with E-state index in [0.717, 1.165) is 60.8 Å². The first-order chi connectivity index (χ1) is 16.1. The molecule has 0 bridgehead atoms. The van der Waals surface area contributed by atoms with Gasteiger partial charge >= 0.3 is 0 Å². The highest BCUT2D eigenvalue weighted by atomic mass is 16.3. The molecule has 188 valence electrons. The zero-order valence-corrected chi connectivity index (χ0v) is 22.1. The Kier molecular flexibility index (Phi) is 6.56. The first-order valence-electron chi connectivity index (χ1n) is 14.3. The molecule has 4 aliphatic rings. The third kappa shape index (κ3) is 4.11. The van der Waals surface area contributed by atoms with E-state index in [0.29, 0.717) is 10.8 Å². The number of aliphatic hydroxyl groups excluding tert-OH is 1. The molecule has 3 saturated carbocycles. The summed E-state index contributed by atoms with van der Waals surface area (Å²) >= 11 is 0. The quantitative estimate of drug-likeness (QED) is 0.425. The maximum Gasteiger partial charge on any atom is 0.0868 e. The van der Waals surface area contributed by atoms with Gasteiger partial charge in [0.25, 0.3) is 0 Å². The molecule has 2 N–H and O–H groups in total. The maximum atomic E-state index is 11.0. The van der Waals surface area contributed by atoms with Gasteiger partial charge in [0.2, 0.25) is 0 Å². The Morgan fingerprint density at radius 2 is 1.79 bits per heavy atom. The Morgan fingerprint density at radius 1 is 1.03 bits per heavy atom. The molecule has 9 atom stereocenters. The van der Waals surface area contributed by atoms with Crippen molar-refractivity contribution in [3.05, 3.63) is 47.5 Å². The minimum absolute atomic E-state index is 0.107. The van der Waals surface area contributed by atoms with Crippen molar-refractivity contribution in [1.82, 2.24) is 0 Å². The lowest BCUT2D eigenvalue weighted by Gasteiger charge is -2.58. The van der Waals surface area contributed by atoms with E-state index in [9.17, 15) is 10.2 Å². The molecule has 0 aromatic heterocycles. The second-order valence-electron chi connectivity index (χ2n) is 13.4. The molecule has 0 spiro atoms. The van der Waals surface area contributed by atoms with Gasteiger partial charge in [0, 0.05) is 0 Å². The van der Waals surface area contributed by atoms with Crippen molar-refractivity contribution >= 4 is 0 Å². The molecule has 0 aliphatic heterocycles. The summed E-state index contributed by atoms with van der Waals surface area (Å²) in [5, 5.41) is 21.3. The van der Waals surface area contributed by atoms with Gasteiger partial charge in [-0.2, -0.15) is 0 Å². The normalized spacial score (nSPS) is 42.1. The smallest absolute Gasteiger partial charge is 0.0868 e. The fraction of sp³-hybridized carbons (Fsp3) is 0.750. The van der Waals surface area contributed by atoms with E-state index < -0.39 is 5.60 Å². The van der Waals surface area contributed by atoms with Crippen molar-refractivity contribution in [1.29, 1.82) is 0 Å². The van der Waals surface area contributed by atoms with Crippen LogP contribution in [-0.4, -0.2) is 16.3 Å². The van der Waals surface area contributed by atoms with Gasteiger partial charge in [-0.25, -0.2) is 0 Å². The molecule has 2 heteroatoms. The molecule has 0 amide bonds. The molecule has 2 nitrogen and oxygen atoms in total. The van der Waals surface area contributed by atoms with Gasteiger partial charge in [-0.3, -0.25) is 0 Å². The predicted molar refractivity (Wildman–Crippen MR) is 140 cm³/mol. The van der Waals surface area contributed by atoms with Crippen molar-refractivity contribution in [3.8, 4) is 0 Å². The van der Waals surface area contributed by atoms with Crippen molar-refractivity contribution in [2.75, 3.05) is 0 Å². The van der Waals surface area contributed by atoms with Gasteiger partial charge in [-0.05, 0) is 117 Å². The molecule has 34 heavy (non-hydrogen) atoms. The number of rotatable bonds is 6. The molecule has 5 rings (SSSR count). The van der Waals surface area contributed by atoms with Crippen molar-refractivity contribution in [3.63, 3.8) is 0 Å². The lowest BCUT2D eigenvalue weighted by Crippen LogP contribution is -2.50. The lowest BCUT2D eigenvalue weighted by molar-refractivity contribution is -0.0576. The van der Waals surface area contributed by atoms with Crippen LogP contribution in [0.1, 0.15) is 104 Å². The van der Waals surface area contributed by atoms with Crippen LogP contribution >= 0.6 is 0 Å². The molecular weight excluding hydrogens is 416 g/mol. The number of allylic oxidation sites excluding steroid dienone is 1. The second-order valence-corrected chi connectivity index (χ2v) is 13.4. The lowest BCUT2D eigenvalue weighted by atomic mass is 9.47. The van der Waals surface area contributed by atoms with Crippen LogP contribution in [0.4, 0.5) is 0 Å². The fourth-order valence-electron chi connectivity index (χ4n) is 9.53. The Balaban J connectivity index is 1.24. The van der Waals surface area contributed by atoms with E-state index in [1.165, 1.54) is 44.9 Å². The first-order valence-corrected chi connectivity index (χ1v) is 14.3. The van der Waals surface area contributed by atoms with E-state index in [1.807, 2.05) is 25.1 Å². The minimum Gasteiger partial charge on any atom is -0.393 e. The van der Waals surface area contributed by atoms with Crippen molar-refractivity contribution in [2.45, 2.75) is 110 Å². The highest BCUT2D eigenvalue weighted by Gasteiger charge is 2.59. The number of aliphatic hydroxyl groups is 2. The molecule has 0 heterocycles. The van der Waals surface area contributed by atoms with E-state index in [4.69, 9.17) is 0 Å². The molecular formula is C32H48O2. The highest BCUT2D eigenvalue weighted by molar-refractivity contribution is 5.25. The summed E-state index contributed by atoms with van der Waals surface area (Å²) in [4.78, 5) is 0. The third-order valence-corrected chi connectivity index (χ3v) is 11.6. The molecule has 4 aliphatic carbocycles. The van der Waals surface area contributed by atoms with Crippen molar-refractivity contribution in [2.24, 2.45) is 40.4 Å². The van der Waals surface area contributed by atoms with Gasteiger partial charge in [0.15, 0.2) is 0 Å². The molecule has 1 aromatic rings. The maximum absolute atomic E-state index is 11.0. The van der Waals surface area contributed by atoms with Crippen LogP contribution in [0, 0.1) is 40.4 Å². The molecule has 0 saturated heterocycles. The number of hydrogen-bond donors (Lipinski definition) is 2. The van der Waals surface area contributed by atoms with Gasteiger partial charge in [-0.15, -0.1) is 0 Å². The largest absolute Gasteiger partial charge is 0.393 e. The summed E-state index contributed by atoms with van der Waals surface area (Å²) in [6, 6.07) is 10.2. The zero-order valence-electron chi connectivity index (χ0n) is 22.1. The van der Waals surface area contributed by atoms with Crippen LogP contribution in [0.15, 0.2) is 42.0 Å². The average Bonchev–Trinajstić information content (AvgIpc) is 3.17. The van der Waals surface area contributed by atoms with Crippen LogP contribution in [-0.2, 0) is 5.60 Å². The Morgan fingerprint density at radius 3 is 2.56 bits per heavy atom. The van der Waals surface area contributed by atoms with Crippen LogP contribution < -0.4 is 0 Å². The summed E-state index contributed by atoms with van der Waals surface area (Å²) < 4.78 is 0. The van der Waals surface area contributed by atoms with E-state index in [-0.39, 0.29) is 6.10 Å². The summed E-state index contributed by atoms with van der Waals surface area (Å²) in [7, 11) is 0. The summed E-state index contributed by atoms with van der Waals surface area (Å²) in [5.41, 5.74) is 2.73. The van der Waals surface area contributed by atoms with Crippen LogP contribution in [0.3, 0.4) is 0 Å². The van der Waals surface area contributed by atoms with E-state index >= 15 is 0 Å². The Bertz CT molecular complexity index is 888. The summed E-state index contributed by atoms with van der Waals surface area (Å²) in [6.45, 7) is 9.67. The van der Waals surface area contributed by atoms with Gasteiger partial charge < -0.3 is 10.2 Å². The first kappa shape index (κ1) is 24.6. The molecule has 0 radical (unpaired) electrons. The van der Waals surface area contributed by atoms with Crippen LogP contribution in [0.2, 0.25) is 0 Å². The third-order valence-electron chi connectivity index (χ3n) is 11.6. The van der Waals surface area contributed by atoms with Gasteiger partial charge in [-0.1, -0.05) is 69.2 Å². The minimum atomic E-state index is -0.726. The van der Waals surface area contributed by atoms with Gasteiger partial charge in [0.05, 0.1) is 11.7 Å². The van der Waals surface area contributed by atoms with Crippen LogP contribution in [0.5, 0.6) is 0 Å². The summed E-state index contributed by atoms with van der Waals surface area (Å²) in [6.07, 6.45) is 15.6. The number of hydrogen-bond acceptors (Lipinski definition) is 2. The standard InChI is InChI=1S/C32H48O2/c1-22(9-8-18-32(4,34)23-10-6-5-7-11-23)27-14-15-28-26-13-12-24-21-25(33)16-19-30(24,2)29(26)17-20-31(27,28)3/h5-7,10-12,22,25-29,33-34H,8-9,13-21H2,1-4H3/t22-,25+,26?,27?,28?,29?,30+,31-,32?/m1/s1. The Hall–Kier alpha value is -1.12. The topological polar surface area (TPSA) is 40.5 Å². The second kappa shape index (κ2) is 9.07. The average molecular weight is 465 g/mol. The summed E-state index contributed by atoms with van der Waals surface area (Å²) in [5.74, 6) is 4.10. The predicted octanol–water partition coefficient (Wildman–Crippen LogP) is 7.64. The van der Waals surface area contributed by atoms with E-state index in [2.05, 4.69) is 39.0 Å². The zero-order chi connectivity index (χ0) is 24.1. The molecule has 3 fully saturated rings. The monoisotopic (exact) mass is 464 g/mol. The SMILES string of the molecule is C[C@H](CCCC(C)(O)c1ccccc1)C1CCC2C3CC=C4C[C@@H](O)CC[C@]4(C)C3CC[C@@]21C.